The SMILES string of the molecule is CC(Nc1ncc2c(-c3ccc4ncc(C(F)F)n4n3)c[nH]c2n1)C(F)(F)F. The molecule has 1 atom stereocenters. The summed E-state index contributed by atoms with van der Waals surface area (Å²) in [6.45, 7) is 0.957. The normalized spacial score (nSPS) is 13.5. The topological polar surface area (TPSA) is 83.8 Å². The van der Waals surface area contributed by atoms with E-state index >= 15 is 0 Å². The van der Waals surface area contributed by atoms with E-state index < -0.39 is 18.6 Å². The van der Waals surface area contributed by atoms with Crippen LogP contribution in [0.4, 0.5) is 27.9 Å². The molecule has 0 fully saturated rings. The molecule has 0 aliphatic rings. The third-order valence-corrected chi connectivity index (χ3v) is 4.16. The van der Waals surface area contributed by atoms with E-state index in [9.17, 15) is 22.0 Å². The molecular formula is C16H12F5N7. The number of halogens is 5. The number of anilines is 1. The van der Waals surface area contributed by atoms with Crippen LogP contribution in [0.1, 0.15) is 19.0 Å². The van der Waals surface area contributed by atoms with Gasteiger partial charge >= 0.3 is 6.18 Å². The Labute approximate surface area is 153 Å². The molecule has 4 rings (SSSR count). The average Bonchev–Trinajstić information content (AvgIpc) is 3.23. The molecule has 4 aromatic rings. The summed E-state index contributed by atoms with van der Waals surface area (Å²) in [5.74, 6) is -0.191. The van der Waals surface area contributed by atoms with Crippen molar-refractivity contribution in [2.45, 2.75) is 25.6 Å². The van der Waals surface area contributed by atoms with Gasteiger partial charge in [0.2, 0.25) is 5.95 Å². The highest BCUT2D eigenvalue weighted by atomic mass is 19.4. The standard InChI is InChI=1S/C16H12F5N7/c1-7(16(19,20)21)25-15-24-5-9-8(4-23-14(9)26-15)10-2-3-12-22-6-11(13(17)18)28(12)27-10/h2-7,13H,1H3,(H2,23,24,25,26). The Morgan fingerprint density at radius 2 is 1.93 bits per heavy atom. The van der Waals surface area contributed by atoms with Crippen LogP contribution >= 0.6 is 0 Å². The van der Waals surface area contributed by atoms with Crippen molar-refractivity contribution in [1.29, 1.82) is 0 Å². The Hall–Kier alpha value is -3.31. The highest BCUT2D eigenvalue weighted by molar-refractivity contribution is 5.92. The number of aromatic amines is 1. The first-order valence-corrected chi connectivity index (χ1v) is 8.04. The number of imidazole rings is 1. The number of fused-ring (bicyclic) bond motifs is 2. The molecule has 12 heteroatoms. The summed E-state index contributed by atoms with van der Waals surface area (Å²) in [6, 6.07) is 1.31. The fourth-order valence-electron chi connectivity index (χ4n) is 2.65. The molecule has 0 spiro atoms. The van der Waals surface area contributed by atoms with Gasteiger partial charge in [0.15, 0.2) is 5.65 Å². The Balaban J connectivity index is 1.72. The highest BCUT2D eigenvalue weighted by Crippen LogP contribution is 2.28. The van der Waals surface area contributed by atoms with E-state index in [2.05, 4.69) is 30.4 Å². The second-order valence-corrected chi connectivity index (χ2v) is 6.04. The van der Waals surface area contributed by atoms with Gasteiger partial charge in [-0.1, -0.05) is 0 Å². The van der Waals surface area contributed by atoms with E-state index in [0.29, 0.717) is 16.6 Å². The lowest BCUT2D eigenvalue weighted by Crippen LogP contribution is -2.33. The maximum Gasteiger partial charge on any atom is 0.408 e. The van der Waals surface area contributed by atoms with Gasteiger partial charge in [0.1, 0.15) is 17.4 Å². The van der Waals surface area contributed by atoms with Gasteiger partial charge in [-0.05, 0) is 19.1 Å². The number of hydrogen-bond donors (Lipinski definition) is 2. The smallest absolute Gasteiger partial charge is 0.345 e. The van der Waals surface area contributed by atoms with E-state index in [1.807, 2.05) is 0 Å². The first-order valence-electron chi connectivity index (χ1n) is 8.04. The minimum absolute atomic E-state index is 0.191. The lowest BCUT2D eigenvalue weighted by atomic mass is 10.2. The molecule has 0 aliphatic carbocycles. The molecule has 4 aromatic heterocycles. The van der Waals surface area contributed by atoms with Crippen LogP contribution in [0.3, 0.4) is 0 Å². The van der Waals surface area contributed by atoms with Crippen molar-refractivity contribution in [2.24, 2.45) is 0 Å². The quantitative estimate of drug-likeness (QED) is 0.509. The summed E-state index contributed by atoms with van der Waals surface area (Å²) in [6.07, 6.45) is -3.26. The molecule has 1 unspecified atom stereocenters. The number of nitrogens with zero attached hydrogens (tertiary/aromatic N) is 5. The first-order chi connectivity index (χ1) is 13.2. The third-order valence-electron chi connectivity index (χ3n) is 4.16. The second-order valence-electron chi connectivity index (χ2n) is 6.04. The van der Waals surface area contributed by atoms with Gasteiger partial charge in [-0.15, -0.1) is 0 Å². The third kappa shape index (κ3) is 3.10. The monoisotopic (exact) mass is 397 g/mol. The number of rotatable bonds is 4. The van der Waals surface area contributed by atoms with Crippen LogP contribution in [-0.2, 0) is 0 Å². The molecule has 0 bridgehead atoms. The van der Waals surface area contributed by atoms with E-state index in [0.717, 1.165) is 17.6 Å². The van der Waals surface area contributed by atoms with Crippen molar-refractivity contribution in [3.63, 3.8) is 0 Å². The number of hydrogen-bond acceptors (Lipinski definition) is 5. The van der Waals surface area contributed by atoms with Crippen LogP contribution in [0.2, 0.25) is 0 Å². The number of aromatic nitrogens is 6. The van der Waals surface area contributed by atoms with Gasteiger partial charge in [0, 0.05) is 23.3 Å². The van der Waals surface area contributed by atoms with Crippen LogP contribution < -0.4 is 5.32 Å². The number of alkyl halides is 5. The molecule has 2 N–H and O–H groups in total. The van der Waals surface area contributed by atoms with E-state index in [4.69, 9.17) is 0 Å². The summed E-state index contributed by atoms with van der Waals surface area (Å²) in [5, 5.41) is 6.85. The zero-order chi connectivity index (χ0) is 20.1. The summed E-state index contributed by atoms with van der Waals surface area (Å²) in [5.41, 5.74) is 1.07. The largest absolute Gasteiger partial charge is 0.408 e. The second kappa shape index (κ2) is 6.39. The minimum Gasteiger partial charge on any atom is -0.345 e. The van der Waals surface area contributed by atoms with Gasteiger partial charge in [0.25, 0.3) is 6.43 Å². The fraction of sp³-hybridized carbons (Fsp3) is 0.250. The van der Waals surface area contributed by atoms with Crippen molar-refractivity contribution in [3.05, 3.63) is 36.4 Å². The molecule has 0 saturated heterocycles. The number of H-pyrrole nitrogens is 1. The number of nitrogens with one attached hydrogen (secondary N) is 2. The van der Waals surface area contributed by atoms with Gasteiger partial charge in [-0.25, -0.2) is 23.3 Å². The zero-order valence-electron chi connectivity index (χ0n) is 14.2. The summed E-state index contributed by atoms with van der Waals surface area (Å²) < 4.78 is 65.2. The van der Waals surface area contributed by atoms with Crippen LogP contribution in [0.5, 0.6) is 0 Å². The van der Waals surface area contributed by atoms with Crippen LogP contribution in [-0.4, -0.2) is 41.8 Å². The Morgan fingerprint density at radius 1 is 1.14 bits per heavy atom. The molecule has 0 radical (unpaired) electrons. The van der Waals surface area contributed by atoms with Crippen molar-refractivity contribution in [3.8, 4) is 11.3 Å². The fourth-order valence-corrected chi connectivity index (χ4v) is 2.65. The van der Waals surface area contributed by atoms with E-state index in [1.165, 1.54) is 18.5 Å². The van der Waals surface area contributed by atoms with E-state index in [-0.39, 0.29) is 22.9 Å². The molecule has 0 saturated carbocycles. The van der Waals surface area contributed by atoms with Crippen molar-refractivity contribution in [2.75, 3.05) is 5.32 Å². The molecule has 0 aromatic carbocycles. The maximum atomic E-state index is 13.1. The van der Waals surface area contributed by atoms with Gasteiger partial charge in [-0.2, -0.15) is 23.3 Å². The van der Waals surface area contributed by atoms with Gasteiger partial charge in [0.05, 0.1) is 11.9 Å². The summed E-state index contributed by atoms with van der Waals surface area (Å²) in [7, 11) is 0. The lowest BCUT2D eigenvalue weighted by Gasteiger charge is -2.16. The predicted octanol–water partition coefficient (Wildman–Crippen LogP) is 3.97. The molecular weight excluding hydrogens is 385 g/mol. The Bertz CT molecular complexity index is 1150. The van der Waals surface area contributed by atoms with Crippen molar-refractivity contribution >= 4 is 22.6 Å². The molecule has 0 aliphatic heterocycles. The lowest BCUT2D eigenvalue weighted by molar-refractivity contribution is -0.138. The molecule has 7 nitrogen and oxygen atoms in total. The van der Waals surface area contributed by atoms with Gasteiger partial charge < -0.3 is 10.3 Å². The maximum absolute atomic E-state index is 13.1. The first kappa shape index (κ1) is 18.1. The summed E-state index contributed by atoms with van der Waals surface area (Å²) >= 11 is 0. The molecule has 4 heterocycles. The zero-order valence-corrected chi connectivity index (χ0v) is 14.2. The van der Waals surface area contributed by atoms with E-state index in [1.54, 1.807) is 6.07 Å². The molecule has 0 amide bonds. The highest BCUT2D eigenvalue weighted by Gasteiger charge is 2.36. The van der Waals surface area contributed by atoms with Crippen molar-refractivity contribution < 1.29 is 22.0 Å². The predicted molar refractivity (Wildman–Crippen MR) is 90.0 cm³/mol. The minimum atomic E-state index is -4.44. The van der Waals surface area contributed by atoms with Crippen LogP contribution in [0.25, 0.3) is 27.9 Å². The van der Waals surface area contributed by atoms with Crippen LogP contribution in [0, 0.1) is 0 Å². The summed E-state index contributed by atoms with van der Waals surface area (Å²) in [4.78, 5) is 14.6. The Morgan fingerprint density at radius 3 is 2.64 bits per heavy atom. The molecule has 28 heavy (non-hydrogen) atoms. The molecule has 146 valence electrons. The average molecular weight is 397 g/mol. The van der Waals surface area contributed by atoms with Crippen molar-refractivity contribution in [1.82, 2.24) is 29.5 Å². The van der Waals surface area contributed by atoms with Gasteiger partial charge in [-0.3, -0.25) is 0 Å². The Kier molecular flexibility index (Phi) is 4.12. The van der Waals surface area contributed by atoms with Crippen LogP contribution in [0.15, 0.2) is 30.7 Å².